The molecule has 6 rings (SSSR count). The molecule has 168 valence electrons. The third kappa shape index (κ3) is 3.73. The van der Waals surface area contributed by atoms with Crippen molar-refractivity contribution in [2.45, 2.75) is 76.5 Å². The van der Waals surface area contributed by atoms with Crippen LogP contribution in [0.4, 0.5) is 5.69 Å². The fraction of sp³-hybridized carbons (Fsp3) is 0.680. The third-order valence-corrected chi connectivity index (χ3v) is 8.52. The number of benzene rings is 1. The summed E-state index contributed by atoms with van der Waals surface area (Å²) >= 11 is 0. The molecule has 6 atom stereocenters. The zero-order chi connectivity index (χ0) is 21.6. The number of amides is 2. The zero-order valence-corrected chi connectivity index (χ0v) is 18.8. The molecule has 1 aromatic rings. The number of likely N-dealkylation sites (tertiary alicyclic amines) is 1. The van der Waals surface area contributed by atoms with Crippen molar-refractivity contribution in [1.82, 2.24) is 15.5 Å². The van der Waals surface area contributed by atoms with Crippen molar-refractivity contribution < 1.29 is 9.59 Å². The lowest BCUT2D eigenvalue weighted by Crippen LogP contribution is -2.68. The van der Waals surface area contributed by atoms with E-state index in [0.29, 0.717) is 23.6 Å². The van der Waals surface area contributed by atoms with Crippen molar-refractivity contribution in [2.75, 3.05) is 18.4 Å². The van der Waals surface area contributed by atoms with Gasteiger partial charge in [-0.1, -0.05) is 18.6 Å². The van der Waals surface area contributed by atoms with Crippen LogP contribution in [0.5, 0.6) is 0 Å². The number of nitrogens with zero attached hydrogens (tertiary/aromatic N) is 1. The first-order valence-corrected chi connectivity index (χ1v) is 12.2. The number of anilines is 1. The summed E-state index contributed by atoms with van der Waals surface area (Å²) in [6.07, 6.45) is 7.64. The Balaban J connectivity index is 1.20. The number of carbonyl (C=O) groups excluding carboxylic acids is 2. The number of piperidine rings is 1. The second-order valence-corrected chi connectivity index (χ2v) is 10.3. The number of carbonyl (C=O) groups is 2. The summed E-state index contributed by atoms with van der Waals surface area (Å²) in [6.45, 7) is 6.28. The van der Waals surface area contributed by atoms with Crippen molar-refractivity contribution in [1.29, 1.82) is 0 Å². The monoisotopic (exact) mass is 424 g/mol. The Kier molecular flexibility index (Phi) is 5.45. The average molecular weight is 425 g/mol. The van der Waals surface area contributed by atoms with Crippen LogP contribution in [-0.4, -0.2) is 47.6 Å². The fourth-order valence-electron chi connectivity index (χ4n) is 6.82. The van der Waals surface area contributed by atoms with E-state index < -0.39 is 5.66 Å². The highest BCUT2D eigenvalue weighted by molar-refractivity contribution is 6.02. The number of rotatable bonds is 4. The highest BCUT2D eigenvalue weighted by Gasteiger charge is 2.55. The van der Waals surface area contributed by atoms with Gasteiger partial charge >= 0.3 is 0 Å². The molecule has 2 aliphatic heterocycles. The molecule has 5 unspecified atom stereocenters. The highest BCUT2D eigenvalue weighted by atomic mass is 16.2. The van der Waals surface area contributed by atoms with E-state index >= 15 is 0 Å². The van der Waals surface area contributed by atoms with Gasteiger partial charge in [-0.15, -0.1) is 0 Å². The molecular formula is C25H36N4O2. The molecular weight excluding hydrogens is 388 g/mol. The van der Waals surface area contributed by atoms with Gasteiger partial charge in [-0.3, -0.25) is 14.5 Å². The summed E-state index contributed by atoms with van der Waals surface area (Å²) in [5.74, 6) is 0.886. The smallest absolute Gasteiger partial charge is 0.255 e. The summed E-state index contributed by atoms with van der Waals surface area (Å²) in [5.41, 5.74) is 1.23. The van der Waals surface area contributed by atoms with E-state index in [2.05, 4.69) is 34.7 Å². The van der Waals surface area contributed by atoms with Gasteiger partial charge < -0.3 is 16.0 Å². The normalized spacial score (nSPS) is 37.1. The molecule has 0 radical (unpaired) electrons. The van der Waals surface area contributed by atoms with E-state index in [-0.39, 0.29) is 23.7 Å². The molecule has 1 aromatic carbocycles. The van der Waals surface area contributed by atoms with Crippen LogP contribution in [0.3, 0.4) is 0 Å². The molecule has 3 aliphatic carbocycles. The molecule has 6 heteroatoms. The maximum atomic E-state index is 13.1. The molecule has 1 spiro atoms. The Morgan fingerprint density at radius 3 is 2.65 bits per heavy atom. The number of hydrogen-bond donors (Lipinski definition) is 3. The van der Waals surface area contributed by atoms with Gasteiger partial charge in [0.2, 0.25) is 5.91 Å². The summed E-state index contributed by atoms with van der Waals surface area (Å²) in [5, 5.41) is 10.2. The molecule has 3 N–H and O–H groups in total. The summed E-state index contributed by atoms with van der Waals surface area (Å²) in [6, 6.07) is 8.94. The molecule has 31 heavy (non-hydrogen) atoms. The maximum Gasteiger partial charge on any atom is 0.255 e. The van der Waals surface area contributed by atoms with Crippen LogP contribution in [0.2, 0.25) is 0 Å². The van der Waals surface area contributed by atoms with E-state index in [9.17, 15) is 9.59 Å². The lowest BCUT2D eigenvalue weighted by Gasteiger charge is -2.56. The zero-order valence-electron chi connectivity index (χ0n) is 18.8. The minimum absolute atomic E-state index is 0.00710. The molecule has 1 saturated heterocycles. The van der Waals surface area contributed by atoms with Crippen molar-refractivity contribution in [3.8, 4) is 0 Å². The van der Waals surface area contributed by atoms with Gasteiger partial charge in [-0.25, -0.2) is 0 Å². The van der Waals surface area contributed by atoms with Crippen LogP contribution in [0, 0.1) is 17.8 Å². The molecule has 6 nitrogen and oxygen atoms in total. The Bertz CT molecular complexity index is 848. The Hall–Kier alpha value is -2.08. The molecule has 0 aromatic heterocycles. The van der Waals surface area contributed by atoms with Crippen molar-refractivity contribution >= 4 is 17.5 Å². The summed E-state index contributed by atoms with van der Waals surface area (Å²) in [7, 11) is 0. The number of nitrogens with one attached hydrogen (secondary N) is 3. The predicted molar refractivity (Wildman–Crippen MR) is 122 cm³/mol. The number of fused-ring (bicyclic) bond motifs is 3. The lowest BCUT2D eigenvalue weighted by atomic mass is 9.58. The van der Waals surface area contributed by atoms with E-state index in [4.69, 9.17) is 0 Å². The minimum atomic E-state index is -0.399. The standard InChI is InChI=1S/C25H36N4O2/c1-16-6-5-7-17(2)29(16)13-12-26-23(30)21-14-19-11-10-18(21)15-25(19)27-22-9-4-3-8-20(22)24(31)28-25/h3-4,8-9,16-19,21,27H,5-7,10-15H2,1-2H3,(H,26,30)(H,28,31)/t16?,17?,18?,19?,21?,25-/m1/s1. The van der Waals surface area contributed by atoms with E-state index in [1.165, 1.54) is 19.3 Å². The first kappa shape index (κ1) is 20.8. The van der Waals surface area contributed by atoms with Crippen LogP contribution < -0.4 is 16.0 Å². The van der Waals surface area contributed by atoms with Crippen molar-refractivity contribution in [2.24, 2.45) is 17.8 Å². The largest absolute Gasteiger partial charge is 0.362 e. The minimum Gasteiger partial charge on any atom is -0.362 e. The second-order valence-electron chi connectivity index (χ2n) is 10.3. The summed E-state index contributed by atoms with van der Waals surface area (Å²) < 4.78 is 0. The maximum absolute atomic E-state index is 13.1. The number of hydrogen-bond acceptors (Lipinski definition) is 4. The summed E-state index contributed by atoms with van der Waals surface area (Å²) in [4.78, 5) is 28.4. The van der Waals surface area contributed by atoms with Gasteiger partial charge in [0.15, 0.2) is 0 Å². The average Bonchev–Trinajstić information content (AvgIpc) is 2.76. The van der Waals surface area contributed by atoms with Crippen LogP contribution in [0.15, 0.2) is 24.3 Å². The van der Waals surface area contributed by atoms with Gasteiger partial charge in [-0.2, -0.15) is 0 Å². The van der Waals surface area contributed by atoms with Gasteiger partial charge in [-0.05, 0) is 70.4 Å². The van der Waals surface area contributed by atoms with Crippen LogP contribution >= 0.6 is 0 Å². The van der Waals surface area contributed by atoms with E-state index in [1.54, 1.807) is 0 Å². The first-order valence-electron chi connectivity index (χ1n) is 12.2. The van der Waals surface area contributed by atoms with Gasteiger partial charge in [0.05, 0.1) is 5.56 Å². The molecule has 3 saturated carbocycles. The molecule has 4 fully saturated rings. The van der Waals surface area contributed by atoms with Gasteiger partial charge in [0.1, 0.15) is 5.66 Å². The van der Waals surface area contributed by atoms with Gasteiger partial charge in [0.25, 0.3) is 5.91 Å². The van der Waals surface area contributed by atoms with Crippen LogP contribution in [-0.2, 0) is 4.79 Å². The topological polar surface area (TPSA) is 73.5 Å². The first-order chi connectivity index (χ1) is 15.0. The molecule has 5 aliphatic rings. The van der Waals surface area contributed by atoms with Crippen molar-refractivity contribution in [3.63, 3.8) is 0 Å². The quantitative estimate of drug-likeness (QED) is 0.693. The van der Waals surface area contributed by atoms with Crippen LogP contribution in [0.25, 0.3) is 0 Å². The third-order valence-electron chi connectivity index (χ3n) is 8.52. The van der Waals surface area contributed by atoms with E-state index in [0.717, 1.165) is 44.5 Å². The molecule has 2 heterocycles. The second kappa shape index (κ2) is 8.12. The van der Waals surface area contributed by atoms with Crippen LogP contribution in [0.1, 0.15) is 69.2 Å². The predicted octanol–water partition coefficient (Wildman–Crippen LogP) is 3.35. The van der Waals surface area contributed by atoms with E-state index in [1.807, 2.05) is 24.3 Å². The molecule has 2 bridgehead atoms. The Labute approximate surface area is 185 Å². The van der Waals surface area contributed by atoms with Gasteiger partial charge in [0, 0.05) is 42.7 Å². The molecule has 2 amide bonds. The van der Waals surface area contributed by atoms with Crippen molar-refractivity contribution in [3.05, 3.63) is 29.8 Å². The number of para-hydroxylation sites is 1. The SMILES string of the molecule is CC1CCCC(C)N1CCNC(=O)C1CC2CCC1C[C@@]21NC(=O)c2ccccc2N1. The lowest BCUT2D eigenvalue weighted by molar-refractivity contribution is -0.132. The Morgan fingerprint density at radius 1 is 1.13 bits per heavy atom. The highest BCUT2D eigenvalue weighted by Crippen LogP contribution is 2.51. The Morgan fingerprint density at radius 2 is 1.90 bits per heavy atom. The fourth-order valence-corrected chi connectivity index (χ4v) is 6.82.